The topological polar surface area (TPSA) is 41.1 Å². The Balaban J connectivity index is 1.78. The highest BCUT2D eigenvalue weighted by Crippen LogP contribution is 2.14. The monoisotopic (exact) mass is 318 g/mol. The van der Waals surface area contributed by atoms with Crippen LogP contribution >= 0.6 is 23.8 Å². The highest BCUT2D eigenvalue weighted by atomic mass is 35.5. The first-order valence-electron chi connectivity index (χ1n) is 6.54. The fourth-order valence-electron chi connectivity index (χ4n) is 1.82. The van der Waals surface area contributed by atoms with E-state index in [-0.39, 0.29) is 11.0 Å². The van der Waals surface area contributed by atoms with Gasteiger partial charge in [0.15, 0.2) is 5.11 Å². The van der Waals surface area contributed by atoms with Gasteiger partial charge in [-0.15, -0.1) is 0 Å². The zero-order chi connectivity index (χ0) is 15.1. The molecule has 2 N–H and O–H groups in total. The Hall–Kier alpha value is -1.91. The van der Waals surface area contributed by atoms with Crippen LogP contribution in [-0.2, 0) is 11.2 Å². The smallest absolute Gasteiger partial charge is 0.226 e. The van der Waals surface area contributed by atoms with Gasteiger partial charge in [0.25, 0.3) is 0 Å². The predicted molar refractivity (Wildman–Crippen MR) is 90.6 cm³/mol. The lowest BCUT2D eigenvalue weighted by Gasteiger charge is -2.09. The molecule has 0 bridgehead atoms. The van der Waals surface area contributed by atoms with E-state index in [0.717, 1.165) is 11.3 Å². The van der Waals surface area contributed by atoms with Gasteiger partial charge in [0.2, 0.25) is 5.91 Å². The summed E-state index contributed by atoms with van der Waals surface area (Å²) in [6, 6.07) is 17.0. The van der Waals surface area contributed by atoms with Gasteiger partial charge in [-0.3, -0.25) is 4.79 Å². The Labute approximate surface area is 134 Å². The van der Waals surface area contributed by atoms with E-state index < -0.39 is 0 Å². The van der Waals surface area contributed by atoms with Crippen LogP contribution in [0.3, 0.4) is 0 Å². The quantitative estimate of drug-likeness (QED) is 0.843. The van der Waals surface area contributed by atoms with Gasteiger partial charge in [-0.1, -0.05) is 48.0 Å². The van der Waals surface area contributed by atoms with Crippen LogP contribution in [-0.4, -0.2) is 11.0 Å². The van der Waals surface area contributed by atoms with E-state index in [0.29, 0.717) is 17.9 Å². The molecule has 0 aliphatic rings. The first-order chi connectivity index (χ1) is 10.1. The van der Waals surface area contributed by atoms with Crippen molar-refractivity contribution in [2.75, 3.05) is 5.32 Å². The minimum Gasteiger partial charge on any atom is -0.332 e. The third-order valence-electron chi connectivity index (χ3n) is 2.82. The van der Waals surface area contributed by atoms with Gasteiger partial charge in [-0.2, -0.15) is 0 Å². The maximum Gasteiger partial charge on any atom is 0.226 e. The standard InChI is InChI=1S/C16H15ClN2OS/c17-13-7-4-8-14(11-13)18-16(21)19-15(20)10-9-12-5-2-1-3-6-12/h1-8,11H,9-10H2,(H2,18,19,20,21). The second-order valence-electron chi connectivity index (χ2n) is 4.50. The molecule has 0 saturated heterocycles. The molecule has 0 aliphatic heterocycles. The van der Waals surface area contributed by atoms with Crippen LogP contribution in [0, 0.1) is 0 Å². The van der Waals surface area contributed by atoms with Crippen molar-refractivity contribution in [1.82, 2.24) is 5.32 Å². The Kier molecular flexibility index (Phi) is 5.72. The fraction of sp³-hybridized carbons (Fsp3) is 0.125. The number of hydrogen-bond acceptors (Lipinski definition) is 2. The molecule has 2 aromatic carbocycles. The third-order valence-corrected chi connectivity index (χ3v) is 3.26. The van der Waals surface area contributed by atoms with E-state index in [2.05, 4.69) is 10.6 Å². The maximum absolute atomic E-state index is 11.8. The lowest BCUT2D eigenvalue weighted by atomic mass is 10.1. The predicted octanol–water partition coefficient (Wildman–Crippen LogP) is 3.79. The molecule has 2 rings (SSSR count). The molecule has 1 amide bonds. The minimum atomic E-state index is -0.113. The number of hydrogen-bond donors (Lipinski definition) is 2. The number of nitrogens with one attached hydrogen (secondary N) is 2. The average molecular weight is 319 g/mol. The van der Waals surface area contributed by atoms with Crippen LogP contribution in [0.15, 0.2) is 54.6 Å². The van der Waals surface area contributed by atoms with Crippen molar-refractivity contribution in [2.24, 2.45) is 0 Å². The average Bonchev–Trinajstić information content (AvgIpc) is 2.46. The Morgan fingerprint density at radius 2 is 1.86 bits per heavy atom. The zero-order valence-corrected chi connectivity index (χ0v) is 12.9. The van der Waals surface area contributed by atoms with E-state index in [1.165, 1.54) is 0 Å². The van der Waals surface area contributed by atoms with Crippen molar-refractivity contribution in [3.8, 4) is 0 Å². The fourth-order valence-corrected chi connectivity index (χ4v) is 2.24. The van der Waals surface area contributed by atoms with Crippen LogP contribution in [0.25, 0.3) is 0 Å². The van der Waals surface area contributed by atoms with Crippen LogP contribution in [0.4, 0.5) is 5.69 Å². The van der Waals surface area contributed by atoms with Crippen LogP contribution in [0.2, 0.25) is 5.02 Å². The van der Waals surface area contributed by atoms with E-state index in [1.807, 2.05) is 42.5 Å². The lowest BCUT2D eigenvalue weighted by Crippen LogP contribution is -2.34. The summed E-state index contributed by atoms with van der Waals surface area (Å²) in [6.45, 7) is 0. The second kappa shape index (κ2) is 7.76. The van der Waals surface area contributed by atoms with Crippen molar-refractivity contribution >= 4 is 40.5 Å². The molecule has 0 heterocycles. The van der Waals surface area contributed by atoms with Gasteiger partial charge in [0.05, 0.1) is 0 Å². The molecule has 21 heavy (non-hydrogen) atoms. The Morgan fingerprint density at radius 3 is 2.57 bits per heavy atom. The number of amides is 1. The Bertz CT molecular complexity index is 631. The lowest BCUT2D eigenvalue weighted by molar-refractivity contribution is -0.119. The largest absolute Gasteiger partial charge is 0.332 e. The van der Waals surface area contributed by atoms with E-state index in [1.54, 1.807) is 12.1 Å². The third kappa shape index (κ3) is 5.53. The van der Waals surface area contributed by atoms with Crippen molar-refractivity contribution in [1.29, 1.82) is 0 Å². The molecule has 0 radical (unpaired) electrons. The Morgan fingerprint density at radius 1 is 1.10 bits per heavy atom. The molecule has 0 saturated carbocycles. The van der Waals surface area contributed by atoms with E-state index in [9.17, 15) is 4.79 Å². The molecule has 0 aliphatic carbocycles. The molecule has 0 fully saturated rings. The molecular weight excluding hydrogens is 304 g/mol. The first-order valence-corrected chi connectivity index (χ1v) is 7.32. The number of benzene rings is 2. The SMILES string of the molecule is O=C(CCc1ccccc1)NC(=S)Nc1cccc(Cl)c1. The molecule has 0 aromatic heterocycles. The number of anilines is 1. The molecule has 5 heteroatoms. The molecule has 0 atom stereocenters. The van der Waals surface area contributed by atoms with Crippen molar-refractivity contribution in [3.63, 3.8) is 0 Å². The number of thiocarbonyl (C=S) groups is 1. The number of carbonyl (C=O) groups is 1. The number of aryl methyl sites for hydroxylation is 1. The summed E-state index contributed by atoms with van der Waals surface area (Å²) in [5, 5.41) is 6.47. The summed E-state index contributed by atoms with van der Waals surface area (Å²) in [6.07, 6.45) is 1.08. The maximum atomic E-state index is 11.8. The molecule has 108 valence electrons. The molecular formula is C16H15ClN2OS. The molecule has 3 nitrogen and oxygen atoms in total. The highest BCUT2D eigenvalue weighted by molar-refractivity contribution is 7.80. The van der Waals surface area contributed by atoms with Crippen molar-refractivity contribution in [2.45, 2.75) is 12.8 Å². The molecule has 0 spiro atoms. The van der Waals surface area contributed by atoms with E-state index >= 15 is 0 Å². The zero-order valence-electron chi connectivity index (χ0n) is 11.3. The normalized spacial score (nSPS) is 9.95. The van der Waals surface area contributed by atoms with Crippen molar-refractivity contribution in [3.05, 3.63) is 65.2 Å². The van der Waals surface area contributed by atoms with Crippen LogP contribution in [0.1, 0.15) is 12.0 Å². The summed E-state index contributed by atoms with van der Waals surface area (Å²) in [7, 11) is 0. The number of rotatable bonds is 4. The number of halogens is 1. The van der Waals surface area contributed by atoms with Gasteiger partial charge < -0.3 is 10.6 Å². The number of carbonyl (C=O) groups excluding carboxylic acids is 1. The van der Waals surface area contributed by atoms with E-state index in [4.69, 9.17) is 23.8 Å². The molecule has 2 aromatic rings. The minimum absolute atomic E-state index is 0.113. The summed E-state index contributed by atoms with van der Waals surface area (Å²) >= 11 is 11.0. The van der Waals surface area contributed by atoms with Crippen molar-refractivity contribution < 1.29 is 4.79 Å². The highest BCUT2D eigenvalue weighted by Gasteiger charge is 2.05. The van der Waals surface area contributed by atoms with Crippen LogP contribution in [0.5, 0.6) is 0 Å². The van der Waals surface area contributed by atoms with Gasteiger partial charge in [0.1, 0.15) is 0 Å². The van der Waals surface area contributed by atoms with Crippen LogP contribution < -0.4 is 10.6 Å². The summed E-state index contributed by atoms with van der Waals surface area (Å²) < 4.78 is 0. The van der Waals surface area contributed by atoms with Gasteiger partial charge in [0, 0.05) is 17.1 Å². The summed E-state index contributed by atoms with van der Waals surface area (Å²) in [5.41, 5.74) is 1.87. The summed E-state index contributed by atoms with van der Waals surface area (Å²) in [5.74, 6) is -0.113. The van der Waals surface area contributed by atoms with Gasteiger partial charge >= 0.3 is 0 Å². The summed E-state index contributed by atoms with van der Waals surface area (Å²) in [4.78, 5) is 11.8. The molecule has 0 unspecified atom stereocenters. The van der Waals surface area contributed by atoms with Gasteiger partial charge in [-0.05, 0) is 42.4 Å². The first kappa shape index (κ1) is 15.5. The second-order valence-corrected chi connectivity index (χ2v) is 5.34. The van der Waals surface area contributed by atoms with Gasteiger partial charge in [-0.25, -0.2) is 0 Å².